The summed E-state index contributed by atoms with van der Waals surface area (Å²) < 4.78 is 15.3. The Kier molecular flexibility index (Phi) is 10.7. The van der Waals surface area contributed by atoms with Crippen molar-refractivity contribution in [3.63, 3.8) is 0 Å². The highest BCUT2D eigenvalue weighted by Crippen LogP contribution is 2.32. The van der Waals surface area contributed by atoms with E-state index >= 15 is 0 Å². The lowest BCUT2D eigenvalue weighted by atomic mass is 9.89. The Morgan fingerprint density at radius 1 is 1.12 bits per heavy atom. The van der Waals surface area contributed by atoms with E-state index in [1.54, 1.807) is 11.0 Å². The van der Waals surface area contributed by atoms with Crippen molar-refractivity contribution in [2.75, 3.05) is 20.2 Å². The number of methoxy groups -OCH3 is 1. The van der Waals surface area contributed by atoms with Crippen molar-refractivity contribution in [2.24, 2.45) is 0 Å². The summed E-state index contributed by atoms with van der Waals surface area (Å²) in [6.07, 6.45) is 2.75. The fourth-order valence-electron chi connectivity index (χ4n) is 2.60. The molecule has 1 aliphatic heterocycles. The summed E-state index contributed by atoms with van der Waals surface area (Å²) >= 11 is 0. The number of amides is 1. The average molecular weight is 370 g/mol. The van der Waals surface area contributed by atoms with Gasteiger partial charge in [0.05, 0.1) is 13.4 Å². The van der Waals surface area contributed by atoms with Gasteiger partial charge in [-0.05, 0) is 45.6 Å². The maximum atomic E-state index is 12.0. The van der Waals surface area contributed by atoms with E-state index in [9.17, 15) is 9.59 Å². The topological polar surface area (TPSA) is 69.0 Å². The summed E-state index contributed by atoms with van der Waals surface area (Å²) in [5, 5.41) is 0. The van der Waals surface area contributed by atoms with Crippen LogP contribution in [0.2, 0.25) is 0 Å². The Bertz CT molecular complexity index is 537. The number of nitrogens with zero attached hydrogens (tertiary/aromatic N) is 1. The molecule has 150 valence electrons. The number of carbonyl (C=O) groups is 2. The van der Waals surface area contributed by atoms with Crippen LogP contribution in [0.15, 0.2) is 16.7 Å². The predicted molar refractivity (Wildman–Crippen MR) is 103 cm³/mol. The third-order valence-corrected chi connectivity index (χ3v) is 3.65. The Balaban J connectivity index is 0.00000146. The number of furan rings is 1. The van der Waals surface area contributed by atoms with Crippen LogP contribution in [0, 0.1) is 0 Å². The number of piperidine rings is 1. The molecule has 26 heavy (non-hydrogen) atoms. The van der Waals surface area contributed by atoms with Gasteiger partial charge in [-0.1, -0.05) is 27.7 Å². The van der Waals surface area contributed by atoms with Gasteiger partial charge in [0.2, 0.25) is 5.76 Å². The Labute approximate surface area is 157 Å². The van der Waals surface area contributed by atoms with Crippen molar-refractivity contribution in [2.45, 2.75) is 72.8 Å². The van der Waals surface area contributed by atoms with Crippen molar-refractivity contribution in [1.29, 1.82) is 0 Å². The molecule has 0 radical (unpaired) electrons. The van der Waals surface area contributed by atoms with Crippen LogP contribution in [0.25, 0.3) is 0 Å². The first kappa shape index (κ1) is 24.0. The maximum absolute atomic E-state index is 12.0. The minimum Gasteiger partial charge on any atom is -0.463 e. The first-order valence-electron chi connectivity index (χ1n) is 9.45. The highest BCUT2D eigenvalue weighted by molar-refractivity contribution is 5.88. The Morgan fingerprint density at radius 2 is 1.65 bits per heavy atom. The SMILES string of the molecule is CC.CC.COC(=O)c1occc1C1CCN(C(=O)OC(C)(C)C)CC1. The van der Waals surface area contributed by atoms with Crippen LogP contribution in [0.1, 0.15) is 83.3 Å². The van der Waals surface area contributed by atoms with E-state index in [1.165, 1.54) is 13.4 Å². The van der Waals surface area contributed by atoms with E-state index in [4.69, 9.17) is 13.9 Å². The third-order valence-electron chi connectivity index (χ3n) is 3.65. The molecule has 0 N–H and O–H groups in total. The molecule has 0 aromatic carbocycles. The zero-order chi connectivity index (χ0) is 20.3. The van der Waals surface area contributed by atoms with Gasteiger partial charge in [-0.15, -0.1) is 0 Å². The number of hydrogen-bond donors (Lipinski definition) is 0. The second-order valence-corrected chi connectivity index (χ2v) is 6.44. The number of hydrogen-bond acceptors (Lipinski definition) is 5. The predicted octanol–water partition coefficient (Wildman–Crippen LogP) is 5.23. The maximum Gasteiger partial charge on any atom is 0.410 e. The smallest absolute Gasteiger partial charge is 0.410 e. The summed E-state index contributed by atoms with van der Waals surface area (Å²) in [5.41, 5.74) is 0.368. The molecule has 0 bridgehead atoms. The summed E-state index contributed by atoms with van der Waals surface area (Å²) in [6.45, 7) is 14.8. The van der Waals surface area contributed by atoms with Gasteiger partial charge in [0, 0.05) is 18.7 Å². The van der Waals surface area contributed by atoms with Crippen molar-refractivity contribution in [1.82, 2.24) is 4.90 Å². The number of likely N-dealkylation sites (tertiary alicyclic amines) is 1. The van der Waals surface area contributed by atoms with Gasteiger partial charge in [0.1, 0.15) is 5.60 Å². The Hall–Kier alpha value is -1.98. The molecule has 1 aliphatic rings. The molecule has 1 amide bonds. The highest BCUT2D eigenvalue weighted by atomic mass is 16.6. The second-order valence-electron chi connectivity index (χ2n) is 6.44. The number of rotatable bonds is 2. The molecule has 0 spiro atoms. The van der Waals surface area contributed by atoms with E-state index in [2.05, 4.69) is 0 Å². The standard InChI is InChI=1S/C16H23NO5.2C2H6/c1-16(2,3)22-15(19)17-8-5-11(6-9-17)12-7-10-21-13(12)14(18)20-4;2*1-2/h7,10-11H,5-6,8-9H2,1-4H3;2*1-2H3. The molecule has 2 heterocycles. The molecule has 1 aromatic heterocycles. The summed E-state index contributed by atoms with van der Waals surface area (Å²) in [4.78, 5) is 25.4. The van der Waals surface area contributed by atoms with Crippen molar-refractivity contribution in [3.05, 3.63) is 23.7 Å². The fraction of sp³-hybridized carbons (Fsp3) is 0.700. The minimum atomic E-state index is -0.490. The van der Waals surface area contributed by atoms with Crippen LogP contribution < -0.4 is 0 Å². The molecule has 1 saturated heterocycles. The number of esters is 1. The number of carbonyl (C=O) groups excluding carboxylic acids is 2. The van der Waals surface area contributed by atoms with Crippen molar-refractivity contribution in [3.8, 4) is 0 Å². The zero-order valence-electron chi connectivity index (χ0n) is 17.5. The van der Waals surface area contributed by atoms with Gasteiger partial charge in [-0.3, -0.25) is 0 Å². The van der Waals surface area contributed by atoms with Crippen LogP contribution in [0.5, 0.6) is 0 Å². The molecule has 0 unspecified atom stereocenters. The van der Waals surface area contributed by atoms with Crippen LogP contribution in [0.4, 0.5) is 4.79 Å². The van der Waals surface area contributed by atoms with Crippen molar-refractivity contribution >= 4 is 12.1 Å². The monoisotopic (exact) mass is 369 g/mol. The average Bonchev–Trinajstić information content (AvgIpc) is 3.13. The molecule has 0 atom stereocenters. The van der Waals surface area contributed by atoms with Gasteiger partial charge in [-0.25, -0.2) is 9.59 Å². The largest absolute Gasteiger partial charge is 0.463 e. The van der Waals surface area contributed by atoms with E-state index in [1.807, 2.05) is 48.5 Å². The van der Waals surface area contributed by atoms with Crippen molar-refractivity contribution < 1.29 is 23.5 Å². The second kappa shape index (κ2) is 11.6. The van der Waals surface area contributed by atoms with Gasteiger partial charge in [0.25, 0.3) is 0 Å². The van der Waals surface area contributed by atoms with Gasteiger partial charge in [0.15, 0.2) is 0 Å². The third kappa shape index (κ3) is 7.10. The van der Waals surface area contributed by atoms with E-state index < -0.39 is 11.6 Å². The fourth-order valence-corrected chi connectivity index (χ4v) is 2.60. The first-order valence-corrected chi connectivity index (χ1v) is 9.45. The normalized spacial score (nSPS) is 14.4. The quantitative estimate of drug-likeness (QED) is 0.667. The molecule has 0 saturated carbocycles. The minimum absolute atomic E-state index is 0.187. The molecule has 1 aromatic rings. The molecular formula is C20H35NO5. The molecule has 6 heteroatoms. The molecule has 1 fully saturated rings. The van der Waals surface area contributed by atoms with E-state index in [0.717, 1.165) is 18.4 Å². The zero-order valence-corrected chi connectivity index (χ0v) is 17.5. The van der Waals surface area contributed by atoms with E-state index in [0.29, 0.717) is 13.1 Å². The summed E-state index contributed by atoms with van der Waals surface area (Å²) in [7, 11) is 1.33. The van der Waals surface area contributed by atoms with Gasteiger partial charge in [-0.2, -0.15) is 0 Å². The van der Waals surface area contributed by atoms with Crippen LogP contribution in [-0.2, 0) is 9.47 Å². The summed E-state index contributed by atoms with van der Waals surface area (Å²) in [5.74, 6) is -0.0145. The van der Waals surface area contributed by atoms with Crippen LogP contribution >= 0.6 is 0 Å². The molecular weight excluding hydrogens is 334 g/mol. The van der Waals surface area contributed by atoms with Crippen LogP contribution in [-0.4, -0.2) is 42.8 Å². The Morgan fingerprint density at radius 3 is 2.12 bits per heavy atom. The molecule has 2 rings (SSSR count). The van der Waals surface area contributed by atoms with E-state index in [-0.39, 0.29) is 17.8 Å². The van der Waals surface area contributed by atoms with Gasteiger partial charge >= 0.3 is 12.1 Å². The molecule has 0 aliphatic carbocycles. The lowest BCUT2D eigenvalue weighted by Gasteiger charge is -2.33. The lowest BCUT2D eigenvalue weighted by Crippen LogP contribution is -2.41. The number of ether oxygens (including phenoxy) is 2. The molecule has 6 nitrogen and oxygen atoms in total. The summed E-state index contributed by atoms with van der Waals surface area (Å²) in [6, 6.07) is 1.81. The highest BCUT2D eigenvalue weighted by Gasteiger charge is 2.30. The first-order chi connectivity index (χ1) is 12.3. The lowest BCUT2D eigenvalue weighted by molar-refractivity contribution is 0.0203. The van der Waals surface area contributed by atoms with Crippen LogP contribution in [0.3, 0.4) is 0 Å². The van der Waals surface area contributed by atoms with Gasteiger partial charge < -0.3 is 18.8 Å².